The molecule has 0 heterocycles. The number of carbonyl (C=O) groups is 3. The van der Waals surface area contributed by atoms with Gasteiger partial charge in [-0.05, 0) is 137 Å². The average molecular weight is 749 g/mol. The number of aryl methyl sites for hydroxylation is 5. The van der Waals surface area contributed by atoms with Crippen LogP contribution >= 0.6 is 0 Å². The molecule has 56 heavy (non-hydrogen) atoms. The Labute approximate surface area is 331 Å². The van der Waals surface area contributed by atoms with Gasteiger partial charge in [0, 0.05) is 33.9 Å². The summed E-state index contributed by atoms with van der Waals surface area (Å²) in [5.74, 6) is 0.591. The Morgan fingerprint density at radius 2 is 0.893 bits per heavy atom. The lowest BCUT2D eigenvalue weighted by Gasteiger charge is -2.08. The number of benzene rings is 6. The highest BCUT2D eigenvalue weighted by molar-refractivity contribution is 6.05. The van der Waals surface area contributed by atoms with E-state index in [4.69, 9.17) is 4.74 Å². The molecule has 0 aromatic heterocycles. The van der Waals surface area contributed by atoms with E-state index in [1.165, 1.54) is 22.3 Å². The van der Waals surface area contributed by atoms with E-state index in [2.05, 4.69) is 28.2 Å². The summed E-state index contributed by atoms with van der Waals surface area (Å²) in [5, 5.41) is 11.3. The van der Waals surface area contributed by atoms with E-state index >= 15 is 0 Å². The van der Waals surface area contributed by atoms with Gasteiger partial charge in [-0.3, -0.25) is 9.59 Å². The molecular formula is C48H52N4O4. The maximum atomic E-state index is 12.1. The molecule has 4 N–H and O–H groups in total. The van der Waals surface area contributed by atoms with Gasteiger partial charge >= 0.3 is 6.03 Å². The number of carbonyl (C=O) groups excluding carboxylic acids is 3. The van der Waals surface area contributed by atoms with E-state index < -0.39 is 0 Å². The Morgan fingerprint density at radius 1 is 0.464 bits per heavy atom. The first kappa shape index (κ1) is 42.1. The van der Waals surface area contributed by atoms with Crippen LogP contribution < -0.4 is 26.0 Å². The van der Waals surface area contributed by atoms with Crippen LogP contribution in [-0.2, 0) is 6.42 Å². The number of anilines is 4. The first-order valence-electron chi connectivity index (χ1n) is 18.8. The third-order valence-electron chi connectivity index (χ3n) is 8.39. The number of urea groups is 1. The van der Waals surface area contributed by atoms with Crippen LogP contribution in [0.15, 0.2) is 146 Å². The SMILES string of the molecule is CCCc1ccc(C(=O)Nc2ccc(C)cc2)cc1.CCOc1ccc(C(=O)Nc2ccc(C)cc2)cc1.Cc1ccc(NC(=O)Nc2cccc(C)c2)cc1. The van der Waals surface area contributed by atoms with Crippen LogP contribution in [0.1, 0.15) is 68.8 Å². The Balaban J connectivity index is 0.000000187. The van der Waals surface area contributed by atoms with Crippen molar-refractivity contribution in [3.05, 3.63) is 185 Å². The largest absolute Gasteiger partial charge is 0.494 e. The molecule has 0 saturated heterocycles. The molecule has 0 atom stereocenters. The van der Waals surface area contributed by atoms with Crippen molar-refractivity contribution in [2.75, 3.05) is 27.9 Å². The molecular weight excluding hydrogens is 697 g/mol. The average Bonchev–Trinajstić information content (AvgIpc) is 3.19. The van der Waals surface area contributed by atoms with Gasteiger partial charge in [-0.1, -0.05) is 90.7 Å². The number of hydrogen-bond donors (Lipinski definition) is 4. The summed E-state index contributed by atoms with van der Waals surface area (Å²) in [6, 6.07) is 45.6. The van der Waals surface area contributed by atoms with Crippen molar-refractivity contribution in [1.82, 2.24) is 0 Å². The summed E-state index contributed by atoms with van der Waals surface area (Å²) in [7, 11) is 0. The molecule has 6 aromatic rings. The van der Waals surface area contributed by atoms with Gasteiger partial charge < -0.3 is 26.0 Å². The highest BCUT2D eigenvalue weighted by Crippen LogP contribution is 2.16. The van der Waals surface area contributed by atoms with Crippen molar-refractivity contribution in [3.8, 4) is 5.75 Å². The molecule has 0 saturated carbocycles. The lowest BCUT2D eigenvalue weighted by atomic mass is 10.1. The molecule has 8 nitrogen and oxygen atoms in total. The monoisotopic (exact) mass is 748 g/mol. The predicted octanol–water partition coefficient (Wildman–Crippen LogP) is 11.8. The lowest BCUT2D eigenvalue weighted by Crippen LogP contribution is -2.19. The number of nitrogens with one attached hydrogen (secondary N) is 4. The molecule has 0 bridgehead atoms. The summed E-state index contributed by atoms with van der Waals surface area (Å²) in [6.07, 6.45) is 2.18. The standard InChI is InChI=1S/C17H19NO.C16H17NO2.C15H16N2O/c1-3-4-14-7-9-15(10-8-14)17(19)18-16-11-5-13(2)6-12-16;1-3-19-15-10-6-13(7-11-15)16(18)17-14-8-4-12(2)5-9-14;1-11-6-8-13(9-7-11)16-15(18)17-14-5-3-4-12(2)10-14/h5-12H,3-4H2,1-2H3,(H,18,19);4-11H,3H2,1-2H3,(H,17,18);3-10H,1-2H3,(H2,16,17,18). The van der Waals surface area contributed by atoms with Crippen molar-refractivity contribution in [2.45, 2.75) is 54.4 Å². The quantitative estimate of drug-likeness (QED) is 0.112. The first-order chi connectivity index (χ1) is 27.0. The van der Waals surface area contributed by atoms with Gasteiger partial charge in [-0.2, -0.15) is 0 Å². The van der Waals surface area contributed by atoms with Gasteiger partial charge in [0.05, 0.1) is 6.61 Å². The minimum atomic E-state index is -0.232. The van der Waals surface area contributed by atoms with Crippen LogP contribution in [0.25, 0.3) is 0 Å². The zero-order chi connectivity index (χ0) is 40.3. The molecule has 4 amide bonds. The Hall–Kier alpha value is -6.67. The molecule has 0 radical (unpaired) electrons. The van der Waals surface area contributed by atoms with E-state index in [1.807, 2.05) is 156 Å². The van der Waals surface area contributed by atoms with Crippen molar-refractivity contribution in [3.63, 3.8) is 0 Å². The minimum absolute atomic E-state index is 0.0631. The Morgan fingerprint density at radius 3 is 1.32 bits per heavy atom. The second-order valence-electron chi connectivity index (χ2n) is 13.4. The van der Waals surface area contributed by atoms with E-state index in [9.17, 15) is 14.4 Å². The first-order valence-corrected chi connectivity index (χ1v) is 18.8. The van der Waals surface area contributed by atoms with E-state index in [1.54, 1.807) is 24.3 Å². The molecule has 0 spiro atoms. The maximum Gasteiger partial charge on any atom is 0.323 e. The summed E-state index contributed by atoms with van der Waals surface area (Å²) in [5.41, 5.74) is 10.4. The second kappa shape index (κ2) is 21.9. The van der Waals surface area contributed by atoms with E-state index in [0.29, 0.717) is 17.7 Å². The molecule has 0 fully saturated rings. The van der Waals surface area contributed by atoms with Crippen LogP contribution in [0.5, 0.6) is 5.75 Å². The normalized spacial score (nSPS) is 10.0. The molecule has 8 heteroatoms. The Kier molecular flexibility index (Phi) is 16.4. The summed E-state index contributed by atoms with van der Waals surface area (Å²) >= 11 is 0. The third-order valence-corrected chi connectivity index (χ3v) is 8.39. The van der Waals surface area contributed by atoms with Gasteiger partial charge in [0.1, 0.15) is 5.75 Å². The smallest absolute Gasteiger partial charge is 0.323 e. The zero-order valence-corrected chi connectivity index (χ0v) is 33.1. The fraction of sp³-hybridized carbons (Fsp3) is 0.188. The fourth-order valence-electron chi connectivity index (χ4n) is 5.31. The minimum Gasteiger partial charge on any atom is -0.494 e. The van der Waals surface area contributed by atoms with Gasteiger partial charge in [-0.15, -0.1) is 0 Å². The van der Waals surface area contributed by atoms with Gasteiger partial charge in [0.2, 0.25) is 0 Å². The van der Waals surface area contributed by atoms with Crippen LogP contribution in [0, 0.1) is 27.7 Å². The summed E-state index contributed by atoms with van der Waals surface area (Å²) in [4.78, 5) is 35.8. The topological polar surface area (TPSA) is 109 Å². The van der Waals surface area contributed by atoms with Crippen LogP contribution in [0.4, 0.5) is 27.5 Å². The van der Waals surface area contributed by atoms with Gasteiger partial charge in [-0.25, -0.2) is 4.79 Å². The number of hydrogen-bond acceptors (Lipinski definition) is 4. The molecule has 288 valence electrons. The zero-order valence-electron chi connectivity index (χ0n) is 33.1. The second-order valence-corrected chi connectivity index (χ2v) is 13.4. The van der Waals surface area contributed by atoms with Gasteiger partial charge in [0.25, 0.3) is 11.8 Å². The number of ether oxygens (including phenoxy) is 1. The number of rotatable bonds is 10. The summed E-state index contributed by atoms with van der Waals surface area (Å²) in [6.45, 7) is 12.7. The van der Waals surface area contributed by atoms with E-state index in [0.717, 1.165) is 46.9 Å². The third kappa shape index (κ3) is 14.6. The van der Waals surface area contributed by atoms with Crippen molar-refractivity contribution < 1.29 is 19.1 Å². The van der Waals surface area contributed by atoms with E-state index in [-0.39, 0.29) is 17.8 Å². The Bertz CT molecular complexity index is 2020. The molecule has 6 aromatic carbocycles. The fourth-order valence-corrected chi connectivity index (χ4v) is 5.31. The molecule has 6 rings (SSSR count). The van der Waals surface area contributed by atoms with Crippen molar-refractivity contribution in [1.29, 1.82) is 0 Å². The summed E-state index contributed by atoms with van der Waals surface area (Å²) < 4.78 is 5.34. The van der Waals surface area contributed by atoms with Crippen molar-refractivity contribution >= 4 is 40.6 Å². The highest BCUT2D eigenvalue weighted by atomic mass is 16.5. The molecule has 0 aliphatic carbocycles. The predicted molar refractivity (Wildman–Crippen MR) is 231 cm³/mol. The maximum absolute atomic E-state index is 12.1. The molecule has 0 aliphatic rings. The highest BCUT2D eigenvalue weighted by Gasteiger charge is 2.07. The number of amides is 4. The lowest BCUT2D eigenvalue weighted by molar-refractivity contribution is 0.101. The van der Waals surface area contributed by atoms with Crippen LogP contribution in [0.2, 0.25) is 0 Å². The molecule has 0 unspecified atom stereocenters. The van der Waals surface area contributed by atoms with Crippen molar-refractivity contribution in [2.24, 2.45) is 0 Å². The van der Waals surface area contributed by atoms with Crippen LogP contribution in [0.3, 0.4) is 0 Å². The van der Waals surface area contributed by atoms with Crippen LogP contribution in [-0.4, -0.2) is 24.5 Å². The van der Waals surface area contributed by atoms with Gasteiger partial charge in [0.15, 0.2) is 0 Å². The molecule has 0 aliphatic heterocycles.